The summed E-state index contributed by atoms with van der Waals surface area (Å²) in [4.78, 5) is 12.3. The van der Waals surface area contributed by atoms with Gasteiger partial charge >= 0.3 is 0 Å². The highest BCUT2D eigenvalue weighted by Gasteiger charge is 2.19. The standard InChI is InChI=1S/C14H26N4O/c1-4-7-9-11(8-5-2)17-14(19)13-12(15)10-16-18(13)6-3/h10-11H,4-9,15H2,1-3H3,(H,17,19). The Labute approximate surface area is 115 Å². The number of unbranched alkanes of at least 4 members (excludes halogenated alkanes) is 1. The van der Waals surface area contributed by atoms with Crippen LogP contribution in [-0.2, 0) is 6.54 Å². The zero-order valence-corrected chi connectivity index (χ0v) is 12.3. The molecule has 0 radical (unpaired) electrons. The van der Waals surface area contributed by atoms with Gasteiger partial charge in [-0.05, 0) is 19.8 Å². The molecule has 1 rings (SSSR count). The van der Waals surface area contributed by atoms with Crippen LogP contribution in [0.4, 0.5) is 5.69 Å². The molecule has 108 valence electrons. The summed E-state index contributed by atoms with van der Waals surface area (Å²) in [7, 11) is 0. The predicted octanol–water partition coefficient (Wildman–Crippen LogP) is 2.57. The molecule has 3 N–H and O–H groups in total. The lowest BCUT2D eigenvalue weighted by molar-refractivity contribution is 0.0922. The minimum Gasteiger partial charge on any atom is -0.396 e. The first-order chi connectivity index (χ1) is 9.13. The number of nitrogens with one attached hydrogen (secondary N) is 1. The van der Waals surface area contributed by atoms with Crippen LogP contribution in [0, 0.1) is 0 Å². The van der Waals surface area contributed by atoms with Gasteiger partial charge in [-0.3, -0.25) is 9.48 Å². The molecular formula is C14H26N4O. The van der Waals surface area contributed by atoms with Gasteiger partial charge in [-0.25, -0.2) is 0 Å². The molecule has 0 bridgehead atoms. The van der Waals surface area contributed by atoms with Crippen molar-refractivity contribution in [2.75, 3.05) is 5.73 Å². The van der Waals surface area contributed by atoms with E-state index in [2.05, 4.69) is 24.3 Å². The maximum absolute atomic E-state index is 12.3. The normalized spacial score (nSPS) is 12.4. The summed E-state index contributed by atoms with van der Waals surface area (Å²) in [5.41, 5.74) is 6.76. The number of hydrogen-bond donors (Lipinski definition) is 2. The van der Waals surface area contributed by atoms with Gasteiger partial charge in [0.2, 0.25) is 0 Å². The van der Waals surface area contributed by atoms with E-state index in [1.165, 1.54) is 0 Å². The highest BCUT2D eigenvalue weighted by Crippen LogP contribution is 2.13. The van der Waals surface area contributed by atoms with Crippen molar-refractivity contribution in [1.82, 2.24) is 15.1 Å². The Balaban J connectivity index is 2.72. The van der Waals surface area contributed by atoms with E-state index in [9.17, 15) is 4.79 Å². The van der Waals surface area contributed by atoms with Crippen molar-refractivity contribution >= 4 is 11.6 Å². The van der Waals surface area contributed by atoms with Crippen LogP contribution in [0.5, 0.6) is 0 Å². The van der Waals surface area contributed by atoms with Crippen LogP contribution in [0.15, 0.2) is 6.20 Å². The summed E-state index contributed by atoms with van der Waals surface area (Å²) in [5.74, 6) is -0.105. The number of aryl methyl sites for hydroxylation is 1. The number of anilines is 1. The first kappa shape index (κ1) is 15.5. The van der Waals surface area contributed by atoms with Crippen molar-refractivity contribution in [2.24, 2.45) is 0 Å². The van der Waals surface area contributed by atoms with Crippen molar-refractivity contribution in [3.8, 4) is 0 Å². The van der Waals surface area contributed by atoms with Crippen LogP contribution in [-0.4, -0.2) is 21.7 Å². The van der Waals surface area contributed by atoms with E-state index in [1.54, 1.807) is 10.9 Å². The monoisotopic (exact) mass is 266 g/mol. The van der Waals surface area contributed by atoms with Crippen LogP contribution in [0.25, 0.3) is 0 Å². The van der Waals surface area contributed by atoms with Gasteiger partial charge in [0.15, 0.2) is 0 Å². The molecule has 0 aliphatic rings. The third-order valence-corrected chi connectivity index (χ3v) is 3.26. The Kier molecular flexibility index (Phi) is 6.39. The van der Waals surface area contributed by atoms with Gasteiger partial charge in [-0.15, -0.1) is 0 Å². The fraction of sp³-hybridized carbons (Fsp3) is 0.714. The van der Waals surface area contributed by atoms with Gasteiger partial charge in [0.05, 0.1) is 11.9 Å². The second-order valence-corrected chi connectivity index (χ2v) is 4.87. The average molecular weight is 266 g/mol. The van der Waals surface area contributed by atoms with E-state index in [1.807, 2.05) is 6.92 Å². The second kappa shape index (κ2) is 7.81. The highest BCUT2D eigenvalue weighted by atomic mass is 16.2. The van der Waals surface area contributed by atoms with Gasteiger partial charge < -0.3 is 11.1 Å². The smallest absolute Gasteiger partial charge is 0.271 e. The van der Waals surface area contributed by atoms with Crippen LogP contribution < -0.4 is 11.1 Å². The summed E-state index contributed by atoms with van der Waals surface area (Å²) < 4.78 is 1.65. The first-order valence-corrected chi connectivity index (χ1v) is 7.26. The van der Waals surface area contributed by atoms with E-state index in [0.717, 1.165) is 32.1 Å². The molecule has 0 saturated carbocycles. The molecule has 1 aromatic rings. The molecule has 1 heterocycles. The van der Waals surface area contributed by atoms with Crippen molar-refractivity contribution in [3.05, 3.63) is 11.9 Å². The number of nitrogens with two attached hydrogens (primary N) is 1. The highest BCUT2D eigenvalue weighted by molar-refractivity contribution is 5.97. The number of carbonyl (C=O) groups excluding carboxylic acids is 1. The number of amides is 1. The number of hydrogen-bond acceptors (Lipinski definition) is 3. The predicted molar refractivity (Wildman–Crippen MR) is 78.0 cm³/mol. The van der Waals surface area contributed by atoms with Crippen molar-refractivity contribution in [2.45, 2.75) is 65.5 Å². The molecule has 1 aromatic heterocycles. The van der Waals surface area contributed by atoms with Gasteiger partial charge in [-0.1, -0.05) is 33.1 Å². The molecule has 1 atom stereocenters. The van der Waals surface area contributed by atoms with Crippen molar-refractivity contribution in [3.63, 3.8) is 0 Å². The van der Waals surface area contributed by atoms with Gasteiger partial charge in [-0.2, -0.15) is 5.10 Å². The number of rotatable bonds is 8. The van der Waals surface area contributed by atoms with Crippen molar-refractivity contribution < 1.29 is 4.79 Å². The number of nitrogens with zero attached hydrogens (tertiary/aromatic N) is 2. The lowest BCUT2D eigenvalue weighted by Crippen LogP contribution is -2.36. The Hall–Kier alpha value is -1.52. The second-order valence-electron chi connectivity index (χ2n) is 4.87. The van der Waals surface area contributed by atoms with E-state index < -0.39 is 0 Å². The summed E-state index contributed by atoms with van der Waals surface area (Å²) in [6.45, 7) is 6.89. The first-order valence-electron chi connectivity index (χ1n) is 7.26. The number of nitrogen functional groups attached to an aromatic ring is 1. The fourth-order valence-electron chi connectivity index (χ4n) is 2.23. The fourth-order valence-corrected chi connectivity index (χ4v) is 2.23. The maximum atomic E-state index is 12.3. The molecule has 0 aliphatic heterocycles. The Morgan fingerprint density at radius 2 is 2.11 bits per heavy atom. The molecule has 0 spiro atoms. The molecular weight excluding hydrogens is 240 g/mol. The largest absolute Gasteiger partial charge is 0.396 e. The molecule has 1 unspecified atom stereocenters. The van der Waals surface area contributed by atoms with Crippen molar-refractivity contribution in [1.29, 1.82) is 0 Å². The molecule has 5 heteroatoms. The summed E-state index contributed by atoms with van der Waals surface area (Å²) in [6.07, 6.45) is 6.91. The zero-order valence-electron chi connectivity index (χ0n) is 12.3. The molecule has 5 nitrogen and oxygen atoms in total. The van der Waals surface area contributed by atoms with E-state index >= 15 is 0 Å². The molecule has 0 aliphatic carbocycles. The SMILES string of the molecule is CCCCC(CCC)NC(=O)c1c(N)cnn1CC. The average Bonchev–Trinajstić information content (AvgIpc) is 2.77. The maximum Gasteiger partial charge on any atom is 0.271 e. The topological polar surface area (TPSA) is 72.9 Å². The lowest BCUT2D eigenvalue weighted by Gasteiger charge is -2.18. The Morgan fingerprint density at radius 1 is 1.37 bits per heavy atom. The molecule has 0 fully saturated rings. The lowest BCUT2D eigenvalue weighted by atomic mass is 10.0. The number of carbonyl (C=O) groups is 1. The van der Waals surface area contributed by atoms with Gasteiger partial charge in [0, 0.05) is 12.6 Å². The number of aromatic nitrogens is 2. The summed E-state index contributed by atoms with van der Waals surface area (Å²) >= 11 is 0. The van der Waals surface area contributed by atoms with E-state index in [4.69, 9.17) is 5.73 Å². The van der Waals surface area contributed by atoms with Crippen LogP contribution in [0.3, 0.4) is 0 Å². The third-order valence-electron chi connectivity index (χ3n) is 3.26. The molecule has 1 amide bonds. The van der Waals surface area contributed by atoms with Crippen LogP contribution in [0.2, 0.25) is 0 Å². The van der Waals surface area contributed by atoms with E-state index in [-0.39, 0.29) is 11.9 Å². The Bertz CT molecular complexity index is 400. The van der Waals surface area contributed by atoms with Gasteiger partial charge in [0.1, 0.15) is 5.69 Å². The quantitative estimate of drug-likeness (QED) is 0.759. The minimum absolute atomic E-state index is 0.105. The van der Waals surface area contributed by atoms with Crippen LogP contribution in [0.1, 0.15) is 63.4 Å². The van der Waals surface area contributed by atoms with Gasteiger partial charge in [0.25, 0.3) is 5.91 Å². The molecule has 0 aromatic carbocycles. The summed E-state index contributed by atoms with van der Waals surface area (Å²) in [5, 5.41) is 7.19. The summed E-state index contributed by atoms with van der Waals surface area (Å²) in [6, 6.07) is 0.233. The zero-order chi connectivity index (χ0) is 14.3. The minimum atomic E-state index is -0.105. The Morgan fingerprint density at radius 3 is 2.68 bits per heavy atom. The third kappa shape index (κ3) is 4.26. The van der Waals surface area contributed by atoms with Crippen LogP contribution >= 0.6 is 0 Å². The van der Waals surface area contributed by atoms with E-state index in [0.29, 0.717) is 17.9 Å². The molecule has 19 heavy (non-hydrogen) atoms. The molecule has 0 saturated heterocycles.